The highest BCUT2D eigenvalue weighted by Crippen LogP contribution is 2.28. The molecule has 0 aliphatic carbocycles. The van der Waals surface area contributed by atoms with E-state index in [1.807, 2.05) is 16.9 Å². The van der Waals surface area contributed by atoms with Crippen LogP contribution >= 0.6 is 0 Å². The number of nitrogens with zero attached hydrogens (tertiary/aromatic N) is 2. The van der Waals surface area contributed by atoms with E-state index in [9.17, 15) is 4.79 Å². The molecule has 0 spiro atoms. The third-order valence-electron chi connectivity index (χ3n) is 4.45. The summed E-state index contributed by atoms with van der Waals surface area (Å²) in [5.41, 5.74) is 2.34. The minimum atomic E-state index is -0.131. The number of ether oxygens (including phenoxy) is 1. The van der Waals surface area contributed by atoms with E-state index in [0.717, 1.165) is 38.0 Å². The molecule has 1 aliphatic heterocycles. The smallest absolute Gasteiger partial charge is 0.315 e. The maximum Gasteiger partial charge on any atom is 0.315 e. The molecule has 1 fully saturated rings. The fourth-order valence-corrected chi connectivity index (χ4v) is 3.11. The fourth-order valence-electron chi connectivity index (χ4n) is 3.11. The predicted octanol–water partition coefficient (Wildman–Crippen LogP) is 2.80. The summed E-state index contributed by atoms with van der Waals surface area (Å²) in [7, 11) is 0. The lowest BCUT2D eigenvalue weighted by molar-refractivity contribution is -0.00742. The van der Waals surface area contributed by atoms with Crippen LogP contribution in [0.25, 0.3) is 0 Å². The molecule has 3 rings (SSSR count). The van der Waals surface area contributed by atoms with Gasteiger partial charge in [-0.3, -0.25) is 4.68 Å². The van der Waals surface area contributed by atoms with Gasteiger partial charge in [0.15, 0.2) is 0 Å². The van der Waals surface area contributed by atoms with Crippen LogP contribution in [-0.2, 0) is 11.3 Å². The average Bonchev–Trinajstić information content (AvgIpc) is 3.14. The SMILES string of the molecule is Cc1ccc([C@H]2OCCC[C@@H]2NC(=O)NCCCn2cccn2)cc1. The number of nitrogens with one attached hydrogen (secondary N) is 2. The highest BCUT2D eigenvalue weighted by Gasteiger charge is 2.28. The molecule has 0 unspecified atom stereocenters. The third kappa shape index (κ3) is 5.06. The zero-order valence-electron chi connectivity index (χ0n) is 14.6. The second-order valence-corrected chi connectivity index (χ2v) is 6.47. The van der Waals surface area contributed by atoms with Crippen molar-refractivity contribution in [2.75, 3.05) is 13.2 Å². The van der Waals surface area contributed by atoms with Crippen LogP contribution in [-0.4, -0.2) is 35.0 Å². The number of hydrogen-bond donors (Lipinski definition) is 2. The molecular weight excluding hydrogens is 316 g/mol. The van der Waals surface area contributed by atoms with E-state index >= 15 is 0 Å². The van der Waals surface area contributed by atoms with Crippen molar-refractivity contribution in [3.63, 3.8) is 0 Å². The first-order valence-corrected chi connectivity index (χ1v) is 8.92. The van der Waals surface area contributed by atoms with Crippen molar-refractivity contribution in [1.82, 2.24) is 20.4 Å². The second kappa shape index (κ2) is 8.67. The number of hydrogen-bond acceptors (Lipinski definition) is 3. The summed E-state index contributed by atoms with van der Waals surface area (Å²) >= 11 is 0. The summed E-state index contributed by atoms with van der Waals surface area (Å²) in [4.78, 5) is 12.2. The molecule has 1 saturated heterocycles. The standard InChI is InChI=1S/C19H26N4O2/c1-15-6-8-16(9-7-15)18-17(5-2-14-25-18)22-19(24)20-10-3-12-23-13-4-11-21-23/h4,6-9,11,13,17-18H,2-3,5,10,12,14H2,1H3,(H2,20,22,24)/t17-,18+/m0/s1. The molecule has 25 heavy (non-hydrogen) atoms. The number of benzene rings is 1. The number of urea groups is 1. The highest BCUT2D eigenvalue weighted by molar-refractivity contribution is 5.74. The third-order valence-corrected chi connectivity index (χ3v) is 4.45. The van der Waals surface area contributed by atoms with E-state index in [2.05, 4.69) is 46.9 Å². The minimum absolute atomic E-state index is 0.00238. The first-order valence-electron chi connectivity index (χ1n) is 8.92. The molecule has 1 aromatic carbocycles. The normalized spacial score (nSPS) is 20.2. The molecule has 2 heterocycles. The van der Waals surface area contributed by atoms with Crippen LogP contribution in [0.1, 0.15) is 36.5 Å². The lowest BCUT2D eigenvalue weighted by Crippen LogP contribution is -2.47. The molecule has 0 bridgehead atoms. The van der Waals surface area contributed by atoms with Crippen LogP contribution < -0.4 is 10.6 Å². The fraction of sp³-hybridized carbons (Fsp3) is 0.474. The number of amides is 2. The zero-order chi connectivity index (χ0) is 17.5. The van der Waals surface area contributed by atoms with Gasteiger partial charge >= 0.3 is 6.03 Å². The summed E-state index contributed by atoms with van der Waals surface area (Å²) in [5.74, 6) is 0. The minimum Gasteiger partial charge on any atom is -0.371 e. The van der Waals surface area contributed by atoms with Crippen LogP contribution in [0.15, 0.2) is 42.7 Å². The summed E-state index contributed by atoms with van der Waals surface area (Å²) in [5, 5.41) is 10.2. The first-order chi connectivity index (χ1) is 12.2. The van der Waals surface area contributed by atoms with Crippen molar-refractivity contribution >= 4 is 6.03 Å². The molecule has 0 radical (unpaired) electrons. The van der Waals surface area contributed by atoms with Gasteiger partial charge in [-0.15, -0.1) is 0 Å². The van der Waals surface area contributed by atoms with E-state index < -0.39 is 0 Å². The van der Waals surface area contributed by atoms with Gasteiger partial charge in [-0.2, -0.15) is 5.10 Å². The van der Waals surface area contributed by atoms with E-state index in [4.69, 9.17) is 4.74 Å². The van der Waals surface area contributed by atoms with Crippen molar-refractivity contribution in [3.8, 4) is 0 Å². The molecule has 1 aromatic heterocycles. The van der Waals surface area contributed by atoms with E-state index in [0.29, 0.717) is 6.54 Å². The van der Waals surface area contributed by atoms with Crippen molar-refractivity contribution in [2.45, 2.75) is 44.9 Å². The van der Waals surface area contributed by atoms with Crippen molar-refractivity contribution < 1.29 is 9.53 Å². The quantitative estimate of drug-likeness (QED) is 0.793. The van der Waals surface area contributed by atoms with Gasteiger partial charge in [0.1, 0.15) is 6.10 Å². The van der Waals surface area contributed by atoms with Gasteiger partial charge in [0, 0.05) is 32.1 Å². The summed E-state index contributed by atoms with van der Waals surface area (Å²) in [6, 6.07) is 10.1. The zero-order valence-corrected chi connectivity index (χ0v) is 14.6. The Morgan fingerprint density at radius 3 is 2.96 bits per heavy atom. The second-order valence-electron chi connectivity index (χ2n) is 6.47. The summed E-state index contributed by atoms with van der Waals surface area (Å²) < 4.78 is 7.80. The molecule has 2 aromatic rings. The molecule has 1 aliphatic rings. The number of carbonyl (C=O) groups excluding carboxylic acids is 1. The first kappa shape index (κ1) is 17.5. The molecule has 2 N–H and O–H groups in total. The Bertz CT molecular complexity index is 655. The Morgan fingerprint density at radius 2 is 2.20 bits per heavy atom. The van der Waals surface area contributed by atoms with Crippen LogP contribution in [0.3, 0.4) is 0 Å². The van der Waals surface area contributed by atoms with Crippen molar-refractivity contribution in [2.24, 2.45) is 0 Å². The summed E-state index contributed by atoms with van der Waals surface area (Å²) in [6.45, 7) is 4.22. The summed E-state index contributed by atoms with van der Waals surface area (Å²) in [6.07, 6.45) is 6.34. The Morgan fingerprint density at radius 1 is 1.36 bits per heavy atom. The number of carbonyl (C=O) groups is 1. The van der Waals surface area contributed by atoms with Gasteiger partial charge in [-0.25, -0.2) is 4.79 Å². The average molecular weight is 342 g/mol. The topological polar surface area (TPSA) is 68.2 Å². The van der Waals surface area contributed by atoms with E-state index in [1.165, 1.54) is 5.56 Å². The molecule has 134 valence electrons. The lowest BCUT2D eigenvalue weighted by atomic mass is 9.95. The monoisotopic (exact) mass is 342 g/mol. The molecule has 2 amide bonds. The van der Waals surface area contributed by atoms with Crippen molar-refractivity contribution in [3.05, 3.63) is 53.9 Å². The molecule has 6 heteroatoms. The van der Waals surface area contributed by atoms with Crippen LogP contribution in [0.4, 0.5) is 4.79 Å². The van der Waals surface area contributed by atoms with E-state index in [-0.39, 0.29) is 18.2 Å². The van der Waals surface area contributed by atoms with E-state index in [1.54, 1.807) is 6.20 Å². The Labute approximate surface area is 148 Å². The van der Waals surface area contributed by atoms with Gasteiger partial charge in [-0.05, 0) is 37.8 Å². The number of aromatic nitrogens is 2. The van der Waals surface area contributed by atoms with Gasteiger partial charge in [0.2, 0.25) is 0 Å². The Balaban J connectivity index is 1.47. The largest absolute Gasteiger partial charge is 0.371 e. The van der Waals surface area contributed by atoms with Gasteiger partial charge < -0.3 is 15.4 Å². The van der Waals surface area contributed by atoms with Crippen LogP contribution in [0.2, 0.25) is 0 Å². The van der Waals surface area contributed by atoms with Crippen molar-refractivity contribution in [1.29, 1.82) is 0 Å². The van der Waals surface area contributed by atoms with Gasteiger partial charge in [0.25, 0.3) is 0 Å². The van der Waals surface area contributed by atoms with Crippen LogP contribution in [0.5, 0.6) is 0 Å². The molecule has 6 nitrogen and oxygen atoms in total. The maximum atomic E-state index is 12.2. The molecule has 2 atom stereocenters. The maximum absolute atomic E-state index is 12.2. The molecule has 0 saturated carbocycles. The predicted molar refractivity (Wildman–Crippen MR) is 96.3 cm³/mol. The molecular formula is C19H26N4O2. The Kier molecular flexibility index (Phi) is 6.06. The van der Waals surface area contributed by atoms with Gasteiger partial charge in [0.05, 0.1) is 6.04 Å². The number of rotatable bonds is 6. The van der Waals surface area contributed by atoms with Crippen LogP contribution in [0, 0.1) is 6.92 Å². The van der Waals surface area contributed by atoms with Gasteiger partial charge in [-0.1, -0.05) is 29.8 Å². The highest BCUT2D eigenvalue weighted by atomic mass is 16.5. The Hall–Kier alpha value is -2.34. The number of aryl methyl sites for hydroxylation is 2. The lowest BCUT2D eigenvalue weighted by Gasteiger charge is -2.32.